The summed E-state index contributed by atoms with van der Waals surface area (Å²) in [6, 6.07) is -0.963. The van der Waals surface area contributed by atoms with Gasteiger partial charge in [-0.05, 0) is 0 Å². The topological polar surface area (TPSA) is 108 Å². The van der Waals surface area contributed by atoms with E-state index in [2.05, 4.69) is 0 Å². The minimum Gasteiger partial charge on any atom is -0.480 e. The molecule has 0 aromatic carbocycles. The van der Waals surface area contributed by atoms with Crippen LogP contribution in [0.4, 0.5) is 0 Å². The average Bonchev–Trinajstić information content (AvgIpc) is 2.10. The first-order chi connectivity index (χ1) is 6.18. The summed E-state index contributed by atoms with van der Waals surface area (Å²) >= 11 is 0. The number of carboxylic acid groups (broad SMARTS) is 1. The molecule has 0 bridgehead atoms. The fourth-order valence-corrected chi connectivity index (χ4v) is 0.585. The lowest BCUT2D eigenvalue weighted by Crippen LogP contribution is -2.35. The molecule has 0 saturated carbocycles. The molecule has 0 aromatic rings. The van der Waals surface area contributed by atoms with Crippen molar-refractivity contribution in [3.8, 4) is 0 Å². The lowest BCUT2D eigenvalue weighted by atomic mass is 10.3. The van der Waals surface area contributed by atoms with Crippen LogP contribution in [0.1, 0.15) is 0 Å². The quantitative estimate of drug-likeness (QED) is 0.399. The molecule has 0 aliphatic rings. The predicted molar refractivity (Wildman–Crippen MR) is 46.3 cm³/mol. The fourth-order valence-electron chi connectivity index (χ4n) is 0.585. The molecule has 6 heteroatoms. The molecule has 0 radical (unpaired) electrons. The Morgan fingerprint density at radius 2 is 1.92 bits per heavy atom. The molecule has 0 aromatic heterocycles. The third-order valence-electron chi connectivity index (χ3n) is 1.25. The van der Waals surface area contributed by atoms with Crippen molar-refractivity contribution >= 4 is 5.97 Å². The highest BCUT2D eigenvalue weighted by atomic mass is 16.5. The van der Waals surface area contributed by atoms with E-state index in [1.165, 1.54) is 0 Å². The van der Waals surface area contributed by atoms with Crippen molar-refractivity contribution in [1.82, 2.24) is 0 Å². The second kappa shape index (κ2) is 7.93. The van der Waals surface area contributed by atoms with Crippen LogP contribution < -0.4 is 11.5 Å². The highest BCUT2D eigenvalue weighted by Crippen LogP contribution is 1.83. The number of hydrogen-bond donors (Lipinski definition) is 3. The zero-order chi connectivity index (χ0) is 10.1. The summed E-state index contributed by atoms with van der Waals surface area (Å²) < 4.78 is 9.92. The zero-order valence-electron chi connectivity index (χ0n) is 7.44. The number of nitrogens with two attached hydrogens (primary N) is 2. The van der Waals surface area contributed by atoms with Gasteiger partial charge in [0.15, 0.2) is 0 Å². The normalized spacial score (nSPS) is 12.8. The van der Waals surface area contributed by atoms with Gasteiger partial charge in [0, 0.05) is 6.54 Å². The molecule has 0 spiro atoms. The monoisotopic (exact) mass is 192 g/mol. The van der Waals surface area contributed by atoms with E-state index in [0.717, 1.165) is 0 Å². The largest absolute Gasteiger partial charge is 0.480 e. The van der Waals surface area contributed by atoms with E-state index in [0.29, 0.717) is 26.4 Å². The van der Waals surface area contributed by atoms with Crippen molar-refractivity contribution in [1.29, 1.82) is 0 Å². The molecule has 5 N–H and O–H groups in total. The minimum absolute atomic E-state index is 0.00131. The van der Waals surface area contributed by atoms with Gasteiger partial charge < -0.3 is 26.0 Å². The molecule has 78 valence electrons. The number of carbonyl (C=O) groups is 1. The van der Waals surface area contributed by atoms with E-state index in [1.807, 2.05) is 0 Å². The van der Waals surface area contributed by atoms with Crippen LogP contribution >= 0.6 is 0 Å². The van der Waals surface area contributed by atoms with Crippen molar-refractivity contribution in [3.05, 3.63) is 0 Å². The first-order valence-corrected chi connectivity index (χ1v) is 4.02. The molecule has 13 heavy (non-hydrogen) atoms. The average molecular weight is 192 g/mol. The minimum atomic E-state index is -1.07. The van der Waals surface area contributed by atoms with Crippen LogP contribution in [0.15, 0.2) is 0 Å². The molecule has 0 heterocycles. The molecule has 0 unspecified atom stereocenters. The number of ether oxygens (including phenoxy) is 2. The Balaban J connectivity index is 3.11. The van der Waals surface area contributed by atoms with Crippen molar-refractivity contribution in [2.24, 2.45) is 11.5 Å². The molecule has 0 rings (SSSR count). The van der Waals surface area contributed by atoms with E-state index < -0.39 is 12.0 Å². The van der Waals surface area contributed by atoms with Gasteiger partial charge in [-0.25, -0.2) is 0 Å². The predicted octanol–water partition coefficient (Wildman–Crippen LogP) is -1.61. The zero-order valence-corrected chi connectivity index (χ0v) is 7.44. The molecular weight excluding hydrogens is 176 g/mol. The number of rotatable bonds is 8. The van der Waals surface area contributed by atoms with Crippen LogP contribution in [0.25, 0.3) is 0 Å². The smallest absolute Gasteiger partial charge is 0.322 e. The lowest BCUT2D eigenvalue weighted by molar-refractivity contribution is -0.140. The molecule has 6 nitrogen and oxygen atoms in total. The molecule has 1 atom stereocenters. The van der Waals surface area contributed by atoms with Gasteiger partial charge in [-0.15, -0.1) is 0 Å². The fraction of sp³-hybridized carbons (Fsp3) is 0.857. The van der Waals surface area contributed by atoms with Gasteiger partial charge in [-0.3, -0.25) is 4.79 Å². The van der Waals surface area contributed by atoms with Crippen LogP contribution in [0.2, 0.25) is 0 Å². The van der Waals surface area contributed by atoms with Gasteiger partial charge in [0.25, 0.3) is 0 Å². The highest BCUT2D eigenvalue weighted by molar-refractivity contribution is 5.73. The summed E-state index contributed by atoms with van der Waals surface area (Å²) in [6.07, 6.45) is 0. The van der Waals surface area contributed by atoms with E-state index in [9.17, 15) is 4.79 Å². The van der Waals surface area contributed by atoms with Crippen molar-refractivity contribution in [2.45, 2.75) is 6.04 Å². The first kappa shape index (κ1) is 12.3. The Morgan fingerprint density at radius 3 is 2.46 bits per heavy atom. The van der Waals surface area contributed by atoms with Gasteiger partial charge >= 0.3 is 5.97 Å². The summed E-state index contributed by atoms with van der Waals surface area (Å²) in [6.45, 7) is 1.69. The SMILES string of the molecule is NCCOCCOC[C@H](N)C(=O)O. The maximum Gasteiger partial charge on any atom is 0.322 e. The van der Waals surface area contributed by atoms with E-state index in [1.54, 1.807) is 0 Å². The Hall–Kier alpha value is -0.690. The second-order valence-corrected chi connectivity index (χ2v) is 2.42. The van der Waals surface area contributed by atoms with Crippen LogP contribution in [0.5, 0.6) is 0 Å². The maximum absolute atomic E-state index is 10.2. The molecule has 0 saturated heterocycles. The maximum atomic E-state index is 10.2. The Labute approximate surface area is 76.8 Å². The van der Waals surface area contributed by atoms with E-state index in [-0.39, 0.29) is 6.61 Å². The van der Waals surface area contributed by atoms with Gasteiger partial charge in [-0.1, -0.05) is 0 Å². The Bertz CT molecular complexity index is 142. The van der Waals surface area contributed by atoms with Crippen LogP contribution in [-0.4, -0.2) is 50.1 Å². The van der Waals surface area contributed by atoms with Crippen molar-refractivity contribution < 1.29 is 19.4 Å². The third kappa shape index (κ3) is 7.66. The van der Waals surface area contributed by atoms with Gasteiger partial charge in [-0.2, -0.15) is 0 Å². The molecular formula is C7H16N2O4. The van der Waals surface area contributed by atoms with Gasteiger partial charge in [0.05, 0.1) is 26.4 Å². The Kier molecular flexibility index (Phi) is 7.51. The van der Waals surface area contributed by atoms with Crippen molar-refractivity contribution in [3.63, 3.8) is 0 Å². The summed E-state index contributed by atoms with van der Waals surface area (Å²) in [5.74, 6) is -1.07. The van der Waals surface area contributed by atoms with Crippen LogP contribution in [0.3, 0.4) is 0 Å². The summed E-state index contributed by atoms with van der Waals surface area (Å²) in [4.78, 5) is 10.2. The summed E-state index contributed by atoms with van der Waals surface area (Å²) in [7, 11) is 0. The Morgan fingerprint density at radius 1 is 1.31 bits per heavy atom. The standard InChI is InChI=1S/C7H16N2O4/c8-1-2-12-3-4-13-5-6(9)7(10)11/h6H,1-5,8-9H2,(H,10,11)/t6-/m0/s1. The summed E-state index contributed by atoms with van der Waals surface area (Å²) in [5, 5.41) is 8.37. The third-order valence-corrected chi connectivity index (χ3v) is 1.25. The first-order valence-electron chi connectivity index (χ1n) is 4.02. The van der Waals surface area contributed by atoms with Crippen LogP contribution in [0, 0.1) is 0 Å². The number of aliphatic carboxylic acids is 1. The van der Waals surface area contributed by atoms with E-state index >= 15 is 0 Å². The number of hydrogen-bond acceptors (Lipinski definition) is 5. The molecule has 0 aliphatic carbocycles. The van der Waals surface area contributed by atoms with Crippen molar-refractivity contribution in [2.75, 3.05) is 33.0 Å². The van der Waals surface area contributed by atoms with Gasteiger partial charge in [0.1, 0.15) is 6.04 Å². The highest BCUT2D eigenvalue weighted by Gasteiger charge is 2.10. The molecule has 0 amide bonds. The summed E-state index contributed by atoms with van der Waals surface area (Å²) in [5.41, 5.74) is 10.3. The van der Waals surface area contributed by atoms with E-state index in [4.69, 9.17) is 26.0 Å². The second-order valence-electron chi connectivity index (χ2n) is 2.42. The molecule has 0 aliphatic heterocycles. The van der Waals surface area contributed by atoms with Gasteiger partial charge in [0.2, 0.25) is 0 Å². The molecule has 0 fully saturated rings. The lowest BCUT2D eigenvalue weighted by Gasteiger charge is -2.07. The number of carboxylic acids is 1. The van der Waals surface area contributed by atoms with Crippen LogP contribution in [-0.2, 0) is 14.3 Å².